The molecule has 8 heteroatoms. The van der Waals surface area contributed by atoms with Gasteiger partial charge in [0.05, 0.1) is 11.2 Å². The molecule has 2 heterocycles. The lowest BCUT2D eigenvalue weighted by molar-refractivity contribution is -0.173. The van der Waals surface area contributed by atoms with Gasteiger partial charge in [-0.2, -0.15) is 0 Å². The molecule has 0 spiro atoms. The van der Waals surface area contributed by atoms with Crippen LogP contribution in [-0.2, 0) is 23.1 Å². The van der Waals surface area contributed by atoms with Gasteiger partial charge in [-0.15, -0.1) is 0 Å². The molecule has 3 atom stereocenters. The molecule has 2 aliphatic heterocycles. The van der Waals surface area contributed by atoms with Gasteiger partial charge in [-0.1, -0.05) is 36.4 Å². The Morgan fingerprint density at radius 1 is 1.00 bits per heavy atom. The number of Topliss-reactive ketones (excluding diaryl/α,β-unsaturated/α-hetero) is 1. The molecule has 3 aromatic carbocycles. The van der Waals surface area contributed by atoms with Crippen molar-refractivity contribution < 1.29 is 29.3 Å². The molecule has 2 saturated carbocycles. The summed E-state index contributed by atoms with van der Waals surface area (Å²) in [5.41, 5.74) is 3.02. The molecule has 3 aromatic rings. The monoisotopic (exact) mass is 594 g/mol. The fraction of sp³-hybridized carbons (Fsp3) is 0.444. The van der Waals surface area contributed by atoms with Crippen LogP contribution in [0.15, 0.2) is 54.6 Å². The van der Waals surface area contributed by atoms with E-state index in [0.29, 0.717) is 50.1 Å². The number of aromatic hydroxyl groups is 1. The summed E-state index contributed by atoms with van der Waals surface area (Å²) in [6, 6.07) is 17.7. The van der Waals surface area contributed by atoms with Crippen LogP contribution in [0.5, 0.6) is 17.2 Å². The number of carbonyl (C=O) groups is 2. The molecule has 0 aromatic heterocycles. The van der Waals surface area contributed by atoms with Crippen LogP contribution in [0.3, 0.4) is 0 Å². The van der Waals surface area contributed by atoms with Crippen LogP contribution in [0.4, 0.5) is 0 Å². The molecule has 1 saturated heterocycles. The number of benzene rings is 3. The van der Waals surface area contributed by atoms with E-state index >= 15 is 0 Å². The van der Waals surface area contributed by atoms with Crippen LogP contribution < -0.4 is 14.8 Å². The molecule has 2 bridgehead atoms. The van der Waals surface area contributed by atoms with Gasteiger partial charge in [0.25, 0.3) is 5.91 Å². The van der Waals surface area contributed by atoms with Gasteiger partial charge in [0, 0.05) is 43.0 Å². The average Bonchev–Trinajstić information content (AvgIpc) is 3.71. The Morgan fingerprint density at radius 3 is 2.61 bits per heavy atom. The summed E-state index contributed by atoms with van der Waals surface area (Å²) in [4.78, 5) is 28.7. The molecule has 5 aliphatic rings. The summed E-state index contributed by atoms with van der Waals surface area (Å²) in [7, 11) is 0. The van der Waals surface area contributed by atoms with Crippen LogP contribution in [0, 0.1) is 5.92 Å². The number of ketones is 1. The Morgan fingerprint density at radius 2 is 1.80 bits per heavy atom. The number of hydrogen-bond donors (Lipinski definition) is 3. The van der Waals surface area contributed by atoms with E-state index < -0.39 is 11.0 Å². The normalized spacial score (nSPS) is 27.0. The van der Waals surface area contributed by atoms with Crippen molar-refractivity contribution in [1.82, 2.24) is 10.2 Å². The quantitative estimate of drug-likeness (QED) is 0.369. The second-order valence-corrected chi connectivity index (χ2v) is 13.4. The first-order valence-corrected chi connectivity index (χ1v) is 16.0. The highest BCUT2D eigenvalue weighted by Gasteiger charge is 2.65. The molecule has 0 radical (unpaired) electrons. The molecule has 3 fully saturated rings. The minimum Gasteiger partial charge on any atom is -0.507 e. The van der Waals surface area contributed by atoms with E-state index in [4.69, 9.17) is 9.47 Å². The van der Waals surface area contributed by atoms with Crippen molar-refractivity contribution in [2.45, 2.75) is 68.4 Å². The number of piperidine rings is 1. The molecule has 228 valence electrons. The van der Waals surface area contributed by atoms with E-state index in [1.165, 1.54) is 12.8 Å². The molecular weight excluding hydrogens is 556 g/mol. The van der Waals surface area contributed by atoms with Crippen LogP contribution in [0.25, 0.3) is 11.1 Å². The summed E-state index contributed by atoms with van der Waals surface area (Å²) < 4.78 is 10.9. The standard InChI is InChI=1S/C36H38N2O6/c39-27-11-13-36(42)31-18-26-7-9-28(33(40)32(26)35(36,19-27)14-16-38(31)20-23-1-2-23)34(41)37-15-12-22-3-5-24(6-4-22)25-8-10-29-30(17-25)44-21-43-29/h3-10,17,23,31,40,42H,1-2,11-16,18-21H2,(H,37,41)/t31?,35-,36-/m1/s1. The maximum Gasteiger partial charge on any atom is 0.255 e. The zero-order valence-corrected chi connectivity index (χ0v) is 24.8. The average molecular weight is 595 g/mol. The molecular formula is C36H38N2O6. The zero-order chi connectivity index (χ0) is 30.1. The largest absolute Gasteiger partial charge is 0.507 e. The summed E-state index contributed by atoms with van der Waals surface area (Å²) in [5, 5.41) is 27.0. The third kappa shape index (κ3) is 4.41. The van der Waals surface area contributed by atoms with Gasteiger partial charge >= 0.3 is 0 Å². The Kier molecular flexibility index (Phi) is 6.50. The highest BCUT2D eigenvalue weighted by molar-refractivity contribution is 5.98. The van der Waals surface area contributed by atoms with Crippen molar-refractivity contribution in [1.29, 1.82) is 0 Å². The number of carbonyl (C=O) groups excluding carboxylic acids is 2. The number of rotatable bonds is 7. The van der Waals surface area contributed by atoms with Crippen molar-refractivity contribution in [2.24, 2.45) is 5.92 Å². The van der Waals surface area contributed by atoms with Gasteiger partial charge in [-0.3, -0.25) is 14.5 Å². The summed E-state index contributed by atoms with van der Waals surface area (Å²) in [5.74, 6) is 1.90. The lowest BCUT2D eigenvalue weighted by Crippen LogP contribution is -2.73. The molecule has 1 amide bonds. The highest BCUT2D eigenvalue weighted by atomic mass is 16.7. The lowest BCUT2D eigenvalue weighted by Gasteiger charge is -2.63. The molecule has 1 unspecified atom stereocenters. The van der Waals surface area contributed by atoms with E-state index in [0.717, 1.165) is 46.8 Å². The molecule has 3 N–H and O–H groups in total. The molecule has 44 heavy (non-hydrogen) atoms. The number of hydrogen-bond acceptors (Lipinski definition) is 7. The number of aliphatic hydroxyl groups is 1. The fourth-order valence-corrected chi connectivity index (χ4v) is 8.39. The van der Waals surface area contributed by atoms with E-state index in [-0.39, 0.29) is 42.3 Å². The molecule has 3 aliphatic carbocycles. The Hall–Kier alpha value is -3.88. The SMILES string of the molecule is O=C1CC[C@@]2(O)C3Cc4ccc(C(=O)NCCc5ccc(-c6ccc7c(c6)OCO7)cc5)c(O)c4[C@@]2(CCN3CC2CC2)C1. The number of phenolic OH excluding ortho intramolecular Hbond substituents is 1. The summed E-state index contributed by atoms with van der Waals surface area (Å²) in [6.07, 6.45) is 5.32. The molecule has 8 nitrogen and oxygen atoms in total. The van der Waals surface area contributed by atoms with E-state index in [1.54, 1.807) is 6.07 Å². The number of phenols is 1. The number of nitrogens with one attached hydrogen (secondary N) is 1. The van der Waals surface area contributed by atoms with E-state index in [1.807, 2.05) is 24.3 Å². The lowest BCUT2D eigenvalue weighted by atomic mass is 9.49. The Labute approximate surface area is 257 Å². The number of amides is 1. The predicted octanol–water partition coefficient (Wildman–Crippen LogP) is 4.52. The first kappa shape index (κ1) is 27.7. The van der Waals surface area contributed by atoms with Crippen LogP contribution in [0.2, 0.25) is 0 Å². The number of ether oxygens (including phenoxy) is 2. The smallest absolute Gasteiger partial charge is 0.255 e. The number of fused-ring (bicyclic) bond motifs is 2. The van der Waals surface area contributed by atoms with Crippen molar-refractivity contribution >= 4 is 11.7 Å². The number of likely N-dealkylation sites (tertiary alicyclic amines) is 1. The van der Waals surface area contributed by atoms with E-state index in [2.05, 4.69) is 34.5 Å². The first-order valence-electron chi connectivity index (χ1n) is 16.0. The third-order valence-corrected chi connectivity index (χ3v) is 10.9. The van der Waals surface area contributed by atoms with Crippen molar-refractivity contribution in [2.75, 3.05) is 26.4 Å². The maximum atomic E-state index is 13.4. The summed E-state index contributed by atoms with van der Waals surface area (Å²) >= 11 is 0. The minimum absolute atomic E-state index is 0.0738. The van der Waals surface area contributed by atoms with Crippen molar-refractivity contribution in [3.8, 4) is 28.4 Å². The second-order valence-electron chi connectivity index (χ2n) is 13.4. The Balaban J connectivity index is 0.991. The zero-order valence-electron chi connectivity index (χ0n) is 24.8. The van der Waals surface area contributed by atoms with Gasteiger partial charge in [0.15, 0.2) is 11.5 Å². The van der Waals surface area contributed by atoms with Gasteiger partial charge < -0.3 is 25.0 Å². The molecule has 8 rings (SSSR count). The van der Waals surface area contributed by atoms with E-state index in [9.17, 15) is 19.8 Å². The minimum atomic E-state index is -1.10. The van der Waals surface area contributed by atoms with Gasteiger partial charge in [0.1, 0.15) is 11.5 Å². The van der Waals surface area contributed by atoms with Crippen LogP contribution in [0.1, 0.15) is 65.6 Å². The first-order chi connectivity index (χ1) is 21.3. The number of nitrogens with zero attached hydrogens (tertiary/aromatic N) is 1. The Bertz CT molecular complexity index is 1650. The maximum absolute atomic E-state index is 13.4. The van der Waals surface area contributed by atoms with Crippen molar-refractivity contribution in [3.05, 3.63) is 76.9 Å². The summed E-state index contributed by atoms with van der Waals surface area (Å²) in [6.45, 7) is 2.43. The third-order valence-electron chi connectivity index (χ3n) is 10.9. The van der Waals surface area contributed by atoms with Crippen molar-refractivity contribution in [3.63, 3.8) is 0 Å². The highest BCUT2D eigenvalue weighted by Crippen LogP contribution is 2.60. The fourth-order valence-electron chi connectivity index (χ4n) is 8.39. The van der Waals surface area contributed by atoms with Gasteiger partial charge in [0.2, 0.25) is 6.79 Å². The predicted molar refractivity (Wildman–Crippen MR) is 164 cm³/mol. The van der Waals surface area contributed by atoms with Crippen LogP contribution >= 0.6 is 0 Å². The topological polar surface area (TPSA) is 108 Å². The van der Waals surface area contributed by atoms with Gasteiger partial charge in [-0.25, -0.2) is 0 Å². The van der Waals surface area contributed by atoms with Crippen LogP contribution in [-0.4, -0.2) is 64.9 Å². The second kappa shape index (κ2) is 10.3. The van der Waals surface area contributed by atoms with Gasteiger partial charge in [-0.05, 0) is 91.4 Å².